The summed E-state index contributed by atoms with van der Waals surface area (Å²) < 4.78 is 12.2. The van der Waals surface area contributed by atoms with Gasteiger partial charge in [0.2, 0.25) is 0 Å². The Balaban J connectivity index is 0.940. The fourth-order valence-electron chi connectivity index (χ4n) is 6.74. The number of nitrogens with zero attached hydrogens (tertiary/aromatic N) is 2. The molecule has 2 atom stereocenters. The molecule has 2 N–H and O–H groups in total. The van der Waals surface area contributed by atoms with E-state index < -0.39 is 11.7 Å². The first kappa shape index (κ1) is 28.3. The van der Waals surface area contributed by atoms with E-state index >= 15 is 0 Å². The highest BCUT2D eigenvalue weighted by Gasteiger charge is 2.43. The molecule has 2 aromatic carbocycles. The molecule has 2 aromatic rings. The number of piperidine rings is 2. The molecule has 1 amide bonds. The number of hydrogen-bond donors (Lipinski definition) is 2. The van der Waals surface area contributed by atoms with Crippen molar-refractivity contribution < 1.29 is 24.5 Å². The van der Waals surface area contributed by atoms with Gasteiger partial charge in [0.1, 0.15) is 24.1 Å². The van der Waals surface area contributed by atoms with Crippen LogP contribution in [0.3, 0.4) is 0 Å². The van der Waals surface area contributed by atoms with E-state index in [1.807, 2.05) is 24.3 Å². The fourth-order valence-corrected chi connectivity index (χ4v) is 6.93. The Bertz CT molecular complexity index is 1300. The molecule has 1 aliphatic carbocycles. The predicted octanol–water partition coefficient (Wildman–Crippen LogP) is 4.47. The van der Waals surface area contributed by atoms with Gasteiger partial charge in [-0.2, -0.15) is 0 Å². The van der Waals surface area contributed by atoms with Gasteiger partial charge in [-0.15, -0.1) is 0 Å². The summed E-state index contributed by atoms with van der Waals surface area (Å²) in [6.07, 6.45) is 8.80. The number of likely N-dealkylation sites (tertiary alicyclic amines) is 2. The van der Waals surface area contributed by atoms with Gasteiger partial charge in [-0.1, -0.05) is 48.0 Å². The van der Waals surface area contributed by atoms with Crippen molar-refractivity contribution in [3.8, 4) is 5.75 Å². The van der Waals surface area contributed by atoms with Crippen LogP contribution in [-0.2, 0) is 16.0 Å². The topological polar surface area (TPSA) is 82.5 Å². The quantitative estimate of drug-likeness (QED) is 0.505. The second-order valence-corrected chi connectivity index (χ2v) is 12.5. The van der Waals surface area contributed by atoms with E-state index in [-0.39, 0.29) is 24.5 Å². The van der Waals surface area contributed by atoms with Crippen molar-refractivity contribution >= 4 is 17.5 Å². The van der Waals surface area contributed by atoms with E-state index in [2.05, 4.69) is 29.2 Å². The molecule has 6 rings (SSSR count). The molecule has 0 saturated carbocycles. The van der Waals surface area contributed by atoms with Crippen LogP contribution in [0.25, 0.3) is 0 Å². The van der Waals surface area contributed by atoms with Crippen molar-refractivity contribution in [1.29, 1.82) is 0 Å². The lowest BCUT2D eigenvalue weighted by Gasteiger charge is -2.39. The summed E-state index contributed by atoms with van der Waals surface area (Å²) in [6.45, 7) is 3.51. The number of rotatable bonds is 7. The van der Waals surface area contributed by atoms with E-state index in [1.165, 1.54) is 11.1 Å². The first-order valence-corrected chi connectivity index (χ1v) is 15.1. The molecule has 2 fully saturated rings. The molecule has 8 heteroatoms. The van der Waals surface area contributed by atoms with Crippen LogP contribution in [0.2, 0.25) is 5.02 Å². The minimum atomic E-state index is -1.63. The molecule has 0 bridgehead atoms. The highest BCUT2D eigenvalue weighted by atomic mass is 35.5. The van der Waals surface area contributed by atoms with Crippen molar-refractivity contribution in [1.82, 2.24) is 9.80 Å². The van der Waals surface area contributed by atoms with Crippen LogP contribution in [0.4, 0.5) is 0 Å². The Kier molecular flexibility index (Phi) is 8.14. The van der Waals surface area contributed by atoms with Gasteiger partial charge < -0.3 is 29.5 Å². The summed E-state index contributed by atoms with van der Waals surface area (Å²) >= 11 is 6.16. The Morgan fingerprint density at radius 1 is 1.07 bits per heavy atom. The SMILES string of the molecule is O=C(N1CCC(c2ccccc2)CC1)C1(O)C=CC=C(OC[C@@H](O)CN2CCC3(CC2)Cc2cc(Cl)ccc2O3)C1. The van der Waals surface area contributed by atoms with Crippen LogP contribution < -0.4 is 4.74 Å². The zero-order chi connectivity index (χ0) is 28.5. The van der Waals surface area contributed by atoms with Gasteiger partial charge in [0.15, 0.2) is 5.60 Å². The summed E-state index contributed by atoms with van der Waals surface area (Å²) in [6, 6.07) is 16.2. The molecule has 3 aliphatic heterocycles. The second kappa shape index (κ2) is 11.8. The number of hydrogen-bond acceptors (Lipinski definition) is 6. The van der Waals surface area contributed by atoms with Gasteiger partial charge in [-0.25, -0.2) is 0 Å². The number of aliphatic hydroxyl groups excluding tert-OH is 1. The normalized spacial score (nSPS) is 25.0. The Morgan fingerprint density at radius 3 is 2.59 bits per heavy atom. The lowest BCUT2D eigenvalue weighted by atomic mass is 9.87. The van der Waals surface area contributed by atoms with Crippen LogP contribution in [0.5, 0.6) is 5.75 Å². The Labute approximate surface area is 247 Å². The molecule has 1 spiro atoms. The van der Waals surface area contributed by atoms with Gasteiger partial charge >= 0.3 is 0 Å². The van der Waals surface area contributed by atoms with Crippen molar-refractivity contribution in [3.63, 3.8) is 0 Å². The van der Waals surface area contributed by atoms with Gasteiger partial charge in [0.25, 0.3) is 5.91 Å². The molecule has 218 valence electrons. The minimum absolute atomic E-state index is 0.0712. The molecule has 2 saturated heterocycles. The van der Waals surface area contributed by atoms with Crippen molar-refractivity contribution in [3.05, 3.63) is 88.7 Å². The Morgan fingerprint density at radius 2 is 1.83 bits per heavy atom. The summed E-state index contributed by atoms with van der Waals surface area (Å²) in [7, 11) is 0. The van der Waals surface area contributed by atoms with E-state index in [9.17, 15) is 15.0 Å². The van der Waals surface area contributed by atoms with Gasteiger partial charge in [0.05, 0.1) is 5.76 Å². The van der Waals surface area contributed by atoms with Gasteiger partial charge in [-0.3, -0.25) is 4.79 Å². The molecule has 4 aliphatic rings. The zero-order valence-corrected chi connectivity index (χ0v) is 24.1. The molecular formula is C33H39ClN2O5. The number of benzene rings is 2. The number of halogens is 1. The van der Waals surface area contributed by atoms with Gasteiger partial charge in [-0.05, 0) is 60.2 Å². The van der Waals surface area contributed by atoms with Crippen LogP contribution in [0.15, 0.2) is 72.5 Å². The van der Waals surface area contributed by atoms with Crippen LogP contribution in [-0.4, -0.2) is 82.6 Å². The molecule has 3 heterocycles. The zero-order valence-electron chi connectivity index (χ0n) is 23.4. The lowest BCUT2D eigenvalue weighted by molar-refractivity contribution is -0.148. The van der Waals surface area contributed by atoms with Crippen molar-refractivity contribution in [2.75, 3.05) is 39.3 Å². The maximum Gasteiger partial charge on any atom is 0.259 e. The largest absolute Gasteiger partial charge is 0.495 e. The summed E-state index contributed by atoms with van der Waals surface area (Å²) in [5.74, 6) is 1.59. The number of fused-ring (bicyclic) bond motifs is 1. The molecule has 1 unspecified atom stereocenters. The number of amides is 1. The number of carbonyl (C=O) groups is 1. The third-order valence-electron chi connectivity index (χ3n) is 9.08. The fraction of sp³-hybridized carbons (Fsp3) is 0.485. The Hall–Kier alpha value is -2.84. The maximum absolute atomic E-state index is 13.3. The van der Waals surface area contributed by atoms with Crippen molar-refractivity contribution in [2.45, 2.75) is 61.7 Å². The molecule has 0 aromatic heterocycles. The third kappa shape index (κ3) is 6.33. The van der Waals surface area contributed by atoms with Crippen LogP contribution in [0, 0.1) is 0 Å². The molecule has 0 radical (unpaired) electrons. The van der Waals surface area contributed by atoms with Gasteiger partial charge in [0, 0.05) is 63.4 Å². The first-order valence-electron chi connectivity index (χ1n) is 14.8. The maximum atomic E-state index is 13.3. The summed E-state index contributed by atoms with van der Waals surface area (Å²) in [5, 5.41) is 22.7. The van der Waals surface area contributed by atoms with E-state index in [0.717, 1.165) is 56.0 Å². The molecular weight excluding hydrogens is 540 g/mol. The van der Waals surface area contributed by atoms with E-state index in [0.29, 0.717) is 31.3 Å². The smallest absolute Gasteiger partial charge is 0.259 e. The average Bonchev–Trinajstić information content (AvgIpc) is 3.34. The number of ether oxygens (including phenoxy) is 2. The summed E-state index contributed by atoms with van der Waals surface area (Å²) in [5.41, 5.74) is 0.668. The highest BCUT2D eigenvalue weighted by molar-refractivity contribution is 6.30. The highest BCUT2D eigenvalue weighted by Crippen LogP contribution is 2.42. The first-order chi connectivity index (χ1) is 19.8. The molecule has 41 heavy (non-hydrogen) atoms. The number of allylic oxidation sites excluding steroid dienone is 2. The lowest BCUT2D eigenvalue weighted by Crippen LogP contribution is -2.51. The minimum Gasteiger partial charge on any atom is -0.495 e. The average molecular weight is 579 g/mol. The van der Waals surface area contributed by atoms with Crippen molar-refractivity contribution in [2.24, 2.45) is 0 Å². The second-order valence-electron chi connectivity index (χ2n) is 12.0. The number of β-amino-alcohol motifs (C(OH)–C–C–N with tert-alkyl or cyclic N) is 1. The summed E-state index contributed by atoms with van der Waals surface area (Å²) in [4.78, 5) is 17.3. The monoisotopic (exact) mass is 578 g/mol. The number of carbonyl (C=O) groups excluding carboxylic acids is 1. The number of aliphatic hydroxyl groups is 2. The van der Waals surface area contributed by atoms with Crippen LogP contribution >= 0.6 is 11.6 Å². The third-order valence-corrected chi connectivity index (χ3v) is 9.32. The predicted molar refractivity (Wildman–Crippen MR) is 158 cm³/mol. The molecule has 7 nitrogen and oxygen atoms in total. The van der Waals surface area contributed by atoms with E-state index in [4.69, 9.17) is 21.1 Å². The van der Waals surface area contributed by atoms with Crippen LogP contribution in [0.1, 0.15) is 49.1 Å². The standard InChI is InChI=1S/C33H39ClN2O5/c34-27-8-9-30-26(19-27)20-32(41-30)13-17-35(18-14-32)22-28(37)23-40-29-7-4-12-33(39,21-29)31(38)36-15-10-25(11-16-36)24-5-2-1-3-6-24/h1-9,12,19,25,28,37,39H,10-11,13-18,20-23H2/t28-,33?/m0/s1. The van der Waals surface area contributed by atoms with E-state index in [1.54, 1.807) is 23.1 Å².